The van der Waals surface area contributed by atoms with Crippen LogP contribution in [-0.2, 0) is 0 Å². The van der Waals surface area contributed by atoms with E-state index in [0.717, 1.165) is 25.9 Å². The van der Waals surface area contributed by atoms with Crippen LogP contribution in [0, 0.1) is 12.3 Å². The summed E-state index contributed by atoms with van der Waals surface area (Å²) in [6, 6.07) is 0. The van der Waals surface area contributed by atoms with Gasteiger partial charge in [0.25, 0.3) is 0 Å². The summed E-state index contributed by atoms with van der Waals surface area (Å²) in [6.45, 7) is 8.69. The largest absolute Gasteiger partial charge is 0.306 e. The molecule has 0 amide bonds. The summed E-state index contributed by atoms with van der Waals surface area (Å²) < 4.78 is 0. The van der Waals surface area contributed by atoms with Gasteiger partial charge in [-0.3, -0.25) is 5.32 Å². The Morgan fingerprint density at radius 2 is 1.79 bits per heavy atom. The lowest BCUT2D eigenvalue weighted by atomic mass is 9.86. The summed E-state index contributed by atoms with van der Waals surface area (Å²) in [5.74, 6) is 2.96. The molecule has 1 heterocycles. The summed E-state index contributed by atoms with van der Waals surface area (Å²) in [6.07, 6.45) is 7.77. The number of nitrogens with one attached hydrogen (secondary N) is 1. The summed E-state index contributed by atoms with van der Waals surface area (Å²) in [7, 11) is 2.15. The molecule has 0 aliphatic carbocycles. The Balaban J connectivity index is 2.65. The Morgan fingerprint density at radius 1 is 1.29 bits per heavy atom. The Kier molecular flexibility index (Phi) is 3.24. The fourth-order valence-electron chi connectivity index (χ4n) is 2.02. The summed E-state index contributed by atoms with van der Waals surface area (Å²) in [4.78, 5) is 2.33. The van der Waals surface area contributed by atoms with Crippen LogP contribution in [0.5, 0.6) is 0 Å². The molecule has 1 N–H and O–H groups in total. The van der Waals surface area contributed by atoms with Crippen molar-refractivity contribution in [2.24, 2.45) is 0 Å². The standard InChI is InChI=1S/C12H22N2/c1-6-12(13-11(2,3)4)7-9-14(5)10-8-12/h1,13H,7-10H2,2-5H3. The molecule has 1 rings (SSSR count). The van der Waals surface area contributed by atoms with Crippen LogP contribution in [0.1, 0.15) is 33.6 Å². The van der Waals surface area contributed by atoms with Crippen LogP contribution in [0.2, 0.25) is 0 Å². The average molecular weight is 194 g/mol. The maximum atomic E-state index is 5.66. The number of likely N-dealkylation sites (tertiary alicyclic amines) is 1. The van der Waals surface area contributed by atoms with E-state index in [9.17, 15) is 0 Å². The Hall–Kier alpha value is -0.520. The third-order valence-electron chi connectivity index (χ3n) is 2.73. The molecule has 0 bridgehead atoms. The van der Waals surface area contributed by atoms with E-state index in [-0.39, 0.29) is 11.1 Å². The number of terminal acetylenes is 1. The van der Waals surface area contributed by atoms with E-state index in [1.54, 1.807) is 0 Å². The van der Waals surface area contributed by atoms with E-state index in [4.69, 9.17) is 6.42 Å². The van der Waals surface area contributed by atoms with Crippen LogP contribution in [0.4, 0.5) is 0 Å². The molecule has 0 saturated carbocycles. The highest BCUT2D eigenvalue weighted by Gasteiger charge is 2.34. The first-order chi connectivity index (χ1) is 6.37. The van der Waals surface area contributed by atoms with Crippen molar-refractivity contribution in [3.05, 3.63) is 0 Å². The van der Waals surface area contributed by atoms with Crippen molar-refractivity contribution in [3.63, 3.8) is 0 Å². The zero-order valence-corrected chi connectivity index (χ0v) is 9.85. The monoisotopic (exact) mass is 194 g/mol. The fourth-order valence-corrected chi connectivity index (χ4v) is 2.02. The van der Waals surface area contributed by atoms with E-state index in [2.05, 4.69) is 44.0 Å². The van der Waals surface area contributed by atoms with Crippen molar-refractivity contribution in [2.75, 3.05) is 20.1 Å². The second kappa shape index (κ2) is 3.92. The zero-order valence-electron chi connectivity index (χ0n) is 9.85. The number of rotatable bonds is 1. The predicted molar refractivity (Wildman–Crippen MR) is 61.2 cm³/mol. The molecule has 0 spiro atoms. The molecule has 2 heteroatoms. The van der Waals surface area contributed by atoms with Crippen LogP contribution < -0.4 is 5.32 Å². The molecule has 0 radical (unpaired) electrons. The first-order valence-electron chi connectivity index (χ1n) is 5.33. The highest BCUT2D eigenvalue weighted by Crippen LogP contribution is 2.23. The first kappa shape index (κ1) is 11.6. The zero-order chi connectivity index (χ0) is 10.8. The lowest BCUT2D eigenvalue weighted by Gasteiger charge is -2.42. The van der Waals surface area contributed by atoms with E-state index < -0.39 is 0 Å². The van der Waals surface area contributed by atoms with Crippen LogP contribution in [0.15, 0.2) is 0 Å². The van der Waals surface area contributed by atoms with Gasteiger partial charge >= 0.3 is 0 Å². The van der Waals surface area contributed by atoms with Gasteiger partial charge in [-0.05, 0) is 40.7 Å². The van der Waals surface area contributed by atoms with Crippen molar-refractivity contribution in [3.8, 4) is 12.3 Å². The smallest absolute Gasteiger partial charge is 0.0826 e. The van der Waals surface area contributed by atoms with Crippen LogP contribution in [-0.4, -0.2) is 36.1 Å². The van der Waals surface area contributed by atoms with Gasteiger partial charge in [-0.1, -0.05) is 5.92 Å². The van der Waals surface area contributed by atoms with Crippen LogP contribution in [0.25, 0.3) is 0 Å². The van der Waals surface area contributed by atoms with Crippen molar-refractivity contribution < 1.29 is 0 Å². The third-order valence-corrected chi connectivity index (χ3v) is 2.73. The van der Waals surface area contributed by atoms with Gasteiger partial charge in [-0.25, -0.2) is 0 Å². The molecule has 0 aromatic rings. The number of nitrogens with zero attached hydrogens (tertiary/aromatic N) is 1. The Labute approximate surface area is 88.1 Å². The van der Waals surface area contributed by atoms with Crippen molar-refractivity contribution in [2.45, 2.75) is 44.7 Å². The topological polar surface area (TPSA) is 15.3 Å². The molecule has 0 unspecified atom stereocenters. The fraction of sp³-hybridized carbons (Fsp3) is 0.833. The van der Waals surface area contributed by atoms with Gasteiger partial charge in [0.05, 0.1) is 5.54 Å². The van der Waals surface area contributed by atoms with Crippen molar-refractivity contribution in [1.82, 2.24) is 10.2 Å². The van der Waals surface area contributed by atoms with Gasteiger partial charge in [-0.15, -0.1) is 6.42 Å². The van der Waals surface area contributed by atoms with Crippen LogP contribution >= 0.6 is 0 Å². The first-order valence-corrected chi connectivity index (χ1v) is 5.33. The number of hydrogen-bond donors (Lipinski definition) is 1. The van der Waals surface area contributed by atoms with Gasteiger partial charge in [0.1, 0.15) is 0 Å². The van der Waals surface area contributed by atoms with E-state index in [1.165, 1.54) is 0 Å². The lowest BCUT2D eigenvalue weighted by Crippen LogP contribution is -2.57. The van der Waals surface area contributed by atoms with E-state index >= 15 is 0 Å². The van der Waals surface area contributed by atoms with Gasteiger partial charge in [0.2, 0.25) is 0 Å². The molecule has 0 aromatic heterocycles. The quantitative estimate of drug-likeness (QED) is 0.636. The van der Waals surface area contributed by atoms with E-state index in [1.807, 2.05) is 0 Å². The summed E-state index contributed by atoms with van der Waals surface area (Å²) in [5.41, 5.74) is 0.0209. The van der Waals surface area contributed by atoms with Crippen LogP contribution in [0.3, 0.4) is 0 Å². The molecular weight excluding hydrogens is 172 g/mol. The Morgan fingerprint density at radius 3 is 2.14 bits per heavy atom. The molecule has 2 nitrogen and oxygen atoms in total. The molecule has 80 valence electrons. The minimum absolute atomic E-state index is 0.0786. The molecule has 1 fully saturated rings. The maximum Gasteiger partial charge on any atom is 0.0826 e. The second-order valence-electron chi connectivity index (χ2n) is 5.40. The predicted octanol–water partition coefficient (Wildman–Crippen LogP) is 1.47. The summed E-state index contributed by atoms with van der Waals surface area (Å²) >= 11 is 0. The van der Waals surface area contributed by atoms with Crippen molar-refractivity contribution in [1.29, 1.82) is 0 Å². The highest BCUT2D eigenvalue weighted by molar-refractivity contribution is 5.16. The lowest BCUT2D eigenvalue weighted by molar-refractivity contribution is 0.170. The normalized spacial score (nSPS) is 23.1. The minimum atomic E-state index is -0.0786. The SMILES string of the molecule is C#CC1(NC(C)(C)C)CCN(C)CC1. The highest BCUT2D eigenvalue weighted by atomic mass is 15.1. The summed E-state index contributed by atoms with van der Waals surface area (Å²) in [5, 5.41) is 3.58. The molecular formula is C12H22N2. The number of piperidine rings is 1. The van der Waals surface area contributed by atoms with Gasteiger partial charge in [0, 0.05) is 18.6 Å². The third kappa shape index (κ3) is 3.01. The minimum Gasteiger partial charge on any atom is -0.306 e. The number of hydrogen-bond acceptors (Lipinski definition) is 2. The molecule has 14 heavy (non-hydrogen) atoms. The molecule has 1 saturated heterocycles. The molecule has 0 atom stereocenters. The second-order valence-corrected chi connectivity index (χ2v) is 5.40. The molecule has 0 aromatic carbocycles. The maximum absolute atomic E-state index is 5.66. The molecule has 1 aliphatic heterocycles. The van der Waals surface area contributed by atoms with Crippen molar-refractivity contribution >= 4 is 0 Å². The van der Waals surface area contributed by atoms with Gasteiger partial charge in [-0.2, -0.15) is 0 Å². The van der Waals surface area contributed by atoms with E-state index in [0.29, 0.717) is 0 Å². The van der Waals surface area contributed by atoms with Gasteiger partial charge < -0.3 is 4.90 Å². The molecule has 1 aliphatic rings. The Bertz CT molecular complexity index is 224. The average Bonchev–Trinajstić information content (AvgIpc) is 2.07. The van der Waals surface area contributed by atoms with Gasteiger partial charge in [0.15, 0.2) is 0 Å².